The minimum absolute atomic E-state index is 0.0579. The summed E-state index contributed by atoms with van der Waals surface area (Å²) in [6.45, 7) is 1.85. The van der Waals surface area contributed by atoms with E-state index in [-0.39, 0.29) is 29.5 Å². The lowest BCUT2D eigenvalue weighted by Crippen LogP contribution is -2.02. The zero-order chi connectivity index (χ0) is 17.7. The van der Waals surface area contributed by atoms with E-state index >= 15 is 0 Å². The Bertz CT molecular complexity index is 727. The summed E-state index contributed by atoms with van der Waals surface area (Å²) in [5, 5.41) is 0. The largest absolute Gasteiger partial charge is 0.204 e. The second-order valence-electron chi connectivity index (χ2n) is 5.49. The predicted molar refractivity (Wildman–Crippen MR) is 83.2 cm³/mol. The van der Waals surface area contributed by atoms with Gasteiger partial charge in [-0.25, -0.2) is 22.0 Å². The molecule has 0 nitrogen and oxygen atoms in total. The monoisotopic (exact) mass is 340 g/mol. The van der Waals surface area contributed by atoms with E-state index in [1.807, 2.05) is 19.1 Å². The normalized spacial score (nSPS) is 11.4. The van der Waals surface area contributed by atoms with Gasteiger partial charge < -0.3 is 0 Å². The number of hydrogen-bond acceptors (Lipinski definition) is 0. The van der Waals surface area contributed by atoms with Crippen LogP contribution < -0.4 is 0 Å². The van der Waals surface area contributed by atoms with Crippen LogP contribution in [-0.2, 0) is 19.3 Å². The molecular formula is C19H17F5. The van der Waals surface area contributed by atoms with E-state index in [0.717, 1.165) is 12.1 Å². The van der Waals surface area contributed by atoms with Gasteiger partial charge in [-0.05, 0) is 61.4 Å². The summed E-state index contributed by atoms with van der Waals surface area (Å²) in [4.78, 5) is 0. The number of rotatable bonds is 6. The molecule has 0 heterocycles. The third-order valence-electron chi connectivity index (χ3n) is 3.78. The fourth-order valence-corrected chi connectivity index (χ4v) is 2.45. The van der Waals surface area contributed by atoms with Gasteiger partial charge in [0.2, 0.25) is 0 Å². The lowest BCUT2D eigenvalue weighted by Gasteiger charge is -2.09. The molecule has 0 amide bonds. The molecular weight excluding hydrogens is 323 g/mol. The van der Waals surface area contributed by atoms with Gasteiger partial charge in [0.25, 0.3) is 0 Å². The van der Waals surface area contributed by atoms with Crippen LogP contribution in [0.4, 0.5) is 22.0 Å². The van der Waals surface area contributed by atoms with E-state index in [4.69, 9.17) is 0 Å². The summed E-state index contributed by atoms with van der Waals surface area (Å²) in [7, 11) is 0. The minimum Gasteiger partial charge on any atom is -0.204 e. The summed E-state index contributed by atoms with van der Waals surface area (Å²) >= 11 is 0. The molecule has 2 aromatic rings. The first-order valence-electron chi connectivity index (χ1n) is 7.64. The van der Waals surface area contributed by atoms with E-state index in [1.165, 1.54) is 12.1 Å². The summed E-state index contributed by atoms with van der Waals surface area (Å²) in [5.74, 6) is -5.97. The molecule has 0 aliphatic heterocycles. The van der Waals surface area contributed by atoms with Crippen molar-refractivity contribution in [1.82, 2.24) is 0 Å². The van der Waals surface area contributed by atoms with Crippen LogP contribution in [0.15, 0.2) is 36.4 Å². The minimum atomic E-state index is -1.54. The van der Waals surface area contributed by atoms with Gasteiger partial charge in [0, 0.05) is 0 Å². The zero-order valence-electron chi connectivity index (χ0n) is 13.2. The van der Waals surface area contributed by atoms with Crippen molar-refractivity contribution < 1.29 is 22.0 Å². The third kappa shape index (κ3) is 4.22. The molecule has 0 atom stereocenters. The maximum absolute atomic E-state index is 14.1. The van der Waals surface area contributed by atoms with Crippen LogP contribution in [0.1, 0.15) is 30.0 Å². The fourth-order valence-electron chi connectivity index (χ4n) is 2.45. The van der Waals surface area contributed by atoms with Gasteiger partial charge in [0.1, 0.15) is 0 Å². The summed E-state index contributed by atoms with van der Waals surface area (Å²) in [5.41, 5.74) is 0.587. The van der Waals surface area contributed by atoms with Crippen molar-refractivity contribution in [3.8, 4) is 0 Å². The molecule has 0 aliphatic rings. The third-order valence-corrected chi connectivity index (χ3v) is 3.78. The molecule has 0 spiro atoms. The van der Waals surface area contributed by atoms with Gasteiger partial charge >= 0.3 is 0 Å². The van der Waals surface area contributed by atoms with Gasteiger partial charge in [-0.15, -0.1) is 0 Å². The number of allylic oxidation sites excluding steroid dienone is 2. The standard InChI is InChI=1S/C19H17F5/c1-2-3-4-5-13-8-9-14(18(23)17(13)22)7-6-12-10-15(20)19(24)16(21)11-12/h2-3,8-11H,4-7H2,1H3/b3-2+. The van der Waals surface area contributed by atoms with Crippen LogP contribution in [0.2, 0.25) is 0 Å². The smallest absolute Gasteiger partial charge is 0.194 e. The highest BCUT2D eigenvalue weighted by molar-refractivity contribution is 5.28. The Balaban J connectivity index is 2.12. The molecule has 0 unspecified atom stereocenters. The Morgan fingerprint density at radius 1 is 0.750 bits per heavy atom. The average Bonchev–Trinajstić information content (AvgIpc) is 2.55. The van der Waals surface area contributed by atoms with Crippen molar-refractivity contribution in [3.63, 3.8) is 0 Å². The predicted octanol–water partition coefficient (Wildman–Crippen LogP) is 5.68. The van der Waals surface area contributed by atoms with Crippen LogP contribution in [0.5, 0.6) is 0 Å². The first-order valence-corrected chi connectivity index (χ1v) is 7.64. The summed E-state index contributed by atoms with van der Waals surface area (Å²) in [6, 6.07) is 4.71. The van der Waals surface area contributed by atoms with Crippen molar-refractivity contribution in [2.75, 3.05) is 0 Å². The van der Waals surface area contributed by atoms with E-state index in [0.29, 0.717) is 12.8 Å². The Morgan fingerprint density at radius 3 is 1.83 bits per heavy atom. The highest BCUT2D eigenvalue weighted by atomic mass is 19.2. The van der Waals surface area contributed by atoms with Gasteiger partial charge in [-0.1, -0.05) is 24.3 Å². The highest BCUT2D eigenvalue weighted by Crippen LogP contribution is 2.21. The van der Waals surface area contributed by atoms with Crippen molar-refractivity contribution in [1.29, 1.82) is 0 Å². The lowest BCUT2D eigenvalue weighted by molar-refractivity contribution is 0.445. The zero-order valence-corrected chi connectivity index (χ0v) is 13.2. The van der Waals surface area contributed by atoms with Gasteiger partial charge in [-0.3, -0.25) is 0 Å². The molecule has 2 rings (SSSR count). The van der Waals surface area contributed by atoms with Gasteiger partial charge in [-0.2, -0.15) is 0 Å². The Labute approximate surface area is 137 Å². The second-order valence-corrected chi connectivity index (χ2v) is 5.49. The Morgan fingerprint density at radius 2 is 1.29 bits per heavy atom. The summed E-state index contributed by atoms with van der Waals surface area (Å²) in [6.07, 6.45) is 4.83. The van der Waals surface area contributed by atoms with Crippen LogP contribution in [0, 0.1) is 29.1 Å². The van der Waals surface area contributed by atoms with E-state index in [1.54, 1.807) is 0 Å². The molecule has 0 aliphatic carbocycles. The average molecular weight is 340 g/mol. The van der Waals surface area contributed by atoms with Crippen LogP contribution >= 0.6 is 0 Å². The van der Waals surface area contributed by atoms with Crippen LogP contribution in [0.3, 0.4) is 0 Å². The Hall–Kier alpha value is -2.17. The molecule has 0 fully saturated rings. The lowest BCUT2D eigenvalue weighted by atomic mass is 10.00. The van der Waals surface area contributed by atoms with Crippen LogP contribution in [-0.4, -0.2) is 0 Å². The van der Waals surface area contributed by atoms with E-state index in [2.05, 4.69) is 0 Å². The van der Waals surface area contributed by atoms with Crippen molar-refractivity contribution in [2.24, 2.45) is 0 Å². The highest BCUT2D eigenvalue weighted by Gasteiger charge is 2.14. The number of aryl methyl sites for hydroxylation is 3. The molecule has 2 aromatic carbocycles. The van der Waals surface area contributed by atoms with Crippen molar-refractivity contribution in [3.05, 3.63) is 82.2 Å². The first kappa shape index (κ1) is 18.2. The second kappa shape index (κ2) is 8.08. The molecule has 5 heteroatoms. The molecule has 0 saturated heterocycles. The molecule has 0 N–H and O–H groups in total. The quantitative estimate of drug-likeness (QED) is 0.361. The Kier molecular flexibility index (Phi) is 6.12. The molecule has 128 valence electrons. The first-order chi connectivity index (χ1) is 11.4. The maximum atomic E-state index is 14.1. The molecule has 0 bridgehead atoms. The molecule has 0 saturated carbocycles. The van der Waals surface area contributed by atoms with Gasteiger partial charge in [0.05, 0.1) is 0 Å². The number of halogens is 5. The van der Waals surface area contributed by atoms with Gasteiger partial charge in [0.15, 0.2) is 29.1 Å². The van der Waals surface area contributed by atoms with E-state index in [9.17, 15) is 22.0 Å². The van der Waals surface area contributed by atoms with E-state index < -0.39 is 29.1 Å². The maximum Gasteiger partial charge on any atom is 0.194 e. The van der Waals surface area contributed by atoms with Crippen molar-refractivity contribution in [2.45, 2.75) is 32.6 Å². The molecule has 24 heavy (non-hydrogen) atoms. The molecule has 0 aromatic heterocycles. The SMILES string of the molecule is C/C=C/CCc1ccc(CCc2cc(F)c(F)c(F)c2)c(F)c1F. The number of hydrogen-bond donors (Lipinski definition) is 0. The topological polar surface area (TPSA) is 0 Å². The molecule has 0 radical (unpaired) electrons. The summed E-state index contributed by atoms with van der Waals surface area (Å²) < 4.78 is 67.3. The fraction of sp³-hybridized carbons (Fsp3) is 0.263. The number of benzene rings is 2. The van der Waals surface area contributed by atoms with Crippen LogP contribution in [0.25, 0.3) is 0 Å². The van der Waals surface area contributed by atoms with Crippen molar-refractivity contribution >= 4 is 0 Å².